The molecule has 2 rings (SSSR count). The molecular weight excluding hydrogens is 326 g/mol. The average Bonchev–Trinajstić information content (AvgIpc) is 2.43. The molecular formula is C18H22BrNO. The van der Waals surface area contributed by atoms with Gasteiger partial charge >= 0.3 is 0 Å². The number of rotatable bonds is 5. The summed E-state index contributed by atoms with van der Waals surface area (Å²) in [6.45, 7) is 8.09. The molecule has 0 heterocycles. The fraction of sp³-hybridized carbons (Fsp3) is 0.333. The van der Waals surface area contributed by atoms with Crippen LogP contribution in [0.4, 0.5) is 5.69 Å². The highest BCUT2D eigenvalue weighted by Crippen LogP contribution is 2.29. The monoisotopic (exact) mass is 347 g/mol. The van der Waals surface area contributed by atoms with Gasteiger partial charge in [-0.25, -0.2) is 0 Å². The Hall–Kier alpha value is -1.48. The van der Waals surface area contributed by atoms with E-state index in [-0.39, 0.29) is 5.41 Å². The van der Waals surface area contributed by atoms with Crippen molar-refractivity contribution in [3.63, 3.8) is 0 Å². The molecule has 0 aliphatic heterocycles. The topological polar surface area (TPSA) is 21.3 Å². The van der Waals surface area contributed by atoms with E-state index in [2.05, 4.69) is 66.3 Å². The summed E-state index contributed by atoms with van der Waals surface area (Å²) in [5, 5.41) is 3.47. The third-order valence-electron chi connectivity index (χ3n) is 3.22. The second kappa shape index (κ2) is 6.99. The number of nitrogens with one attached hydrogen (secondary N) is 1. The molecule has 112 valence electrons. The third kappa shape index (κ3) is 4.78. The summed E-state index contributed by atoms with van der Waals surface area (Å²) < 4.78 is 6.77. The lowest BCUT2D eigenvalue weighted by molar-refractivity contribution is 0.332. The predicted molar refractivity (Wildman–Crippen MR) is 93.3 cm³/mol. The SMILES string of the molecule is CC(C)(C)c1ccccc1NCCOc1cccc(Br)c1. The second-order valence-electron chi connectivity index (χ2n) is 6.03. The van der Waals surface area contributed by atoms with E-state index in [1.54, 1.807) is 0 Å². The van der Waals surface area contributed by atoms with Crippen molar-refractivity contribution in [3.05, 3.63) is 58.6 Å². The van der Waals surface area contributed by atoms with Crippen LogP contribution in [0.2, 0.25) is 0 Å². The minimum absolute atomic E-state index is 0.134. The molecule has 1 N–H and O–H groups in total. The van der Waals surface area contributed by atoms with Gasteiger partial charge in [0.25, 0.3) is 0 Å². The van der Waals surface area contributed by atoms with E-state index in [4.69, 9.17) is 4.74 Å². The van der Waals surface area contributed by atoms with Crippen LogP contribution in [0.25, 0.3) is 0 Å². The summed E-state index contributed by atoms with van der Waals surface area (Å²) in [6.07, 6.45) is 0. The molecule has 0 aliphatic rings. The first-order valence-corrected chi connectivity index (χ1v) is 7.98. The van der Waals surface area contributed by atoms with Gasteiger partial charge in [-0.15, -0.1) is 0 Å². The van der Waals surface area contributed by atoms with Crippen molar-refractivity contribution in [2.75, 3.05) is 18.5 Å². The van der Waals surface area contributed by atoms with Crippen molar-refractivity contribution >= 4 is 21.6 Å². The van der Waals surface area contributed by atoms with Gasteiger partial charge in [0.2, 0.25) is 0 Å². The second-order valence-corrected chi connectivity index (χ2v) is 6.94. The Morgan fingerprint density at radius 2 is 1.81 bits per heavy atom. The molecule has 0 saturated carbocycles. The number of hydrogen-bond donors (Lipinski definition) is 1. The number of hydrogen-bond acceptors (Lipinski definition) is 2. The fourth-order valence-corrected chi connectivity index (χ4v) is 2.58. The molecule has 0 amide bonds. The highest BCUT2D eigenvalue weighted by atomic mass is 79.9. The number of anilines is 1. The van der Waals surface area contributed by atoms with Crippen molar-refractivity contribution in [2.24, 2.45) is 0 Å². The van der Waals surface area contributed by atoms with Gasteiger partial charge in [0.1, 0.15) is 12.4 Å². The third-order valence-corrected chi connectivity index (χ3v) is 3.71. The smallest absolute Gasteiger partial charge is 0.120 e. The minimum Gasteiger partial charge on any atom is -0.492 e. The normalized spacial score (nSPS) is 11.2. The zero-order valence-corrected chi connectivity index (χ0v) is 14.4. The zero-order chi connectivity index (χ0) is 15.3. The highest BCUT2D eigenvalue weighted by molar-refractivity contribution is 9.10. The van der Waals surface area contributed by atoms with Crippen LogP contribution < -0.4 is 10.1 Å². The van der Waals surface area contributed by atoms with Crippen molar-refractivity contribution in [2.45, 2.75) is 26.2 Å². The number of para-hydroxylation sites is 1. The Morgan fingerprint density at radius 3 is 2.52 bits per heavy atom. The van der Waals surface area contributed by atoms with Crippen LogP contribution in [0.5, 0.6) is 5.75 Å². The lowest BCUT2D eigenvalue weighted by Gasteiger charge is -2.23. The first kappa shape index (κ1) is 15.9. The van der Waals surface area contributed by atoms with E-state index < -0.39 is 0 Å². The minimum atomic E-state index is 0.134. The van der Waals surface area contributed by atoms with Crippen molar-refractivity contribution in [1.82, 2.24) is 0 Å². The molecule has 3 heteroatoms. The largest absolute Gasteiger partial charge is 0.492 e. The highest BCUT2D eigenvalue weighted by Gasteiger charge is 2.16. The molecule has 0 unspecified atom stereocenters. The summed E-state index contributed by atoms with van der Waals surface area (Å²) in [6, 6.07) is 16.4. The van der Waals surface area contributed by atoms with Crippen molar-refractivity contribution < 1.29 is 4.74 Å². The molecule has 0 radical (unpaired) electrons. The lowest BCUT2D eigenvalue weighted by atomic mass is 9.86. The van der Waals surface area contributed by atoms with Gasteiger partial charge in [0.05, 0.1) is 0 Å². The van der Waals surface area contributed by atoms with Crippen LogP contribution in [-0.2, 0) is 5.41 Å². The van der Waals surface area contributed by atoms with Gasteiger partial charge in [-0.2, -0.15) is 0 Å². The Labute approximate surface area is 135 Å². The maximum Gasteiger partial charge on any atom is 0.120 e. The van der Waals surface area contributed by atoms with E-state index in [1.165, 1.54) is 11.3 Å². The van der Waals surface area contributed by atoms with E-state index in [0.717, 1.165) is 16.8 Å². The first-order valence-electron chi connectivity index (χ1n) is 7.18. The number of benzene rings is 2. The summed E-state index contributed by atoms with van der Waals surface area (Å²) in [7, 11) is 0. The average molecular weight is 348 g/mol. The van der Waals surface area contributed by atoms with Gasteiger partial charge in [-0.1, -0.05) is 61.0 Å². The summed E-state index contributed by atoms with van der Waals surface area (Å²) in [5.41, 5.74) is 2.64. The van der Waals surface area contributed by atoms with Gasteiger partial charge in [-0.05, 0) is 35.2 Å². The Balaban J connectivity index is 1.90. The van der Waals surface area contributed by atoms with Crippen molar-refractivity contribution in [1.29, 1.82) is 0 Å². The van der Waals surface area contributed by atoms with E-state index in [1.807, 2.05) is 24.3 Å². The maximum atomic E-state index is 5.74. The maximum absolute atomic E-state index is 5.74. The van der Waals surface area contributed by atoms with Gasteiger partial charge in [0.15, 0.2) is 0 Å². The molecule has 2 aromatic rings. The van der Waals surface area contributed by atoms with Gasteiger partial charge in [0, 0.05) is 16.7 Å². The standard InChI is InChI=1S/C18H22BrNO/c1-18(2,3)16-9-4-5-10-17(16)20-11-12-21-15-8-6-7-14(19)13-15/h4-10,13,20H,11-12H2,1-3H3. The molecule has 0 aliphatic carbocycles. The van der Waals surface area contributed by atoms with Gasteiger partial charge < -0.3 is 10.1 Å². The van der Waals surface area contributed by atoms with E-state index in [0.29, 0.717) is 6.61 Å². The first-order chi connectivity index (χ1) is 9.97. The Morgan fingerprint density at radius 1 is 1.05 bits per heavy atom. The molecule has 0 fully saturated rings. The fourth-order valence-electron chi connectivity index (χ4n) is 2.20. The zero-order valence-electron chi connectivity index (χ0n) is 12.8. The molecule has 0 bridgehead atoms. The van der Waals surface area contributed by atoms with Crippen LogP contribution in [-0.4, -0.2) is 13.2 Å². The Kier molecular flexibility index (Phi) is 5.29. The van der Waals surface area contributed by atoms with Crippen LogP contribution in [0, 0.1) is 0 Å². The van der Waals surface area contributed by atoms with Crippen molar-refractivity contribution in [3.8, 4) is 5.75 Å². The van der Waals surface area contributed by atoms with Gasteiger partial charge in [-0.3, -0.25) is 0 Å². The predicted octanol–water partition coefficient (Wildman–Crippen LogP) is 5.24. The summed E-state index contributed by atoms with van der Waals surface area (Å²) in [5.74, 6) is 0.885. The molecule has 0 aromatic heterocycles. The summed E-state index contributed by atoms with van der Waals surface area (Å²) in [4.78, 5) is 0. The number of halogens is 1. The van der Waals surface area contributed by atoms with Crippen LogP contribution in [0.1, 0.15) is 26.3 Å². The van der Waals surface area contributed by atoms with Crippen LogP contribution >= 0.6 is 15.9 Å². The van der Waals surface area contributed by atoms with E-state index >= 15 is 0 Å². The molecule has 0 saturated heterocycles. The van der Waals surface area contributed by atoms with E-state index in [9.17, 15) is 0 Å². The number of ether oxygens (including phenoxy) is 1. The Bertz CT molecular complexity index is 590. The molecule has 0 atom stereocenters. The van der Waals surface area contributed by atoms with Crippen LogP contribution in [0.15, 0.2) is 53.0 Å². The lowest BCUT2D eigenvalue weighted by Crippen LogP contribution is -2.17. The quantitative estimate of drug-likeness (QED) is 0.747. The van der Waals surface area contributed by atoms with Crippen LogP contribution in [0.3, 0.4) is 0 Å². The molecule has 2 aromatic carbocycles. The summed E-state index contributed by atoms with van der Waals surface area (Å²) >= 11 is 3.44. The molecule has 2 nitrogen and oxygen atoms in total. The molecule has 21 heavy (non-hydrogen) atoms. The molecule has 0 spiro atoms.